The van der Waals surface area contributed by atoms with Gasteiger partial charge in [-0.2, -0.15) is 0 Å². The summed E-state index contributed by atoms with van der Waals surface area (Å²) in [5, 5.41) is 18.4. The van der Waals surface area contributed by atoms with Gasteiger partial charge in [0.2, 0.25) is 0 Å². The van der Waals surface area contributed by atoms with E-state index in [-0.39, 0.29) is 11.7 Å². The molecule has 5 nitrogen and oxygen atoms in total. The minimum absolute atomic E-state index is 0.0940. The van der Waals surface area contributed by atoms with Crippen LogP contribution in [-0.4, -0.2) is 29.1 Å². The highest BCUT2D eigenvalue weighted by atomic mass is 19.2. The number of anilines is 1. The minimum atomic E-state index is -0.857. The van der Waals surface area contributed by atoms with Crippen molar-refractivity contribution < 1.29 is 18.6 Å². The van der Waals surface area contributed by atoms with Crippen LogP contribution in [0.4, 0.5) is 14.5 Å². The van der Waals surface area contributed by atoms with Crippen LogP contribution in [0.5, 0.6) is 0 Å². The molecule has 1 aliphatic carbocycles. The maximum absolute atomic E-state index is 14.2. The van der Waals surface area contributed by atoms with E-state index < -0.39 is 17.7 Å². The molecule has 4 N–H and O–H groups in total. The summed E-state index contributed by atoms with van der Waals surface area (Å²) in [6, 6.07) is 3.30. The first-order valence-electron chi connectivity index (χ1n) is 10.5. The molecule has 4 rings (SSSR count). The van der Waals surface area contributed by atoms with Crippen LogP contribution in [0.2, 0.25) is 0 Å². The van der Waals surface area contributed by atoms with E-state index >= 15 is 0 Å². The number of hydrogen-bond acceptors (Lipinski definition) is 4. The Bertz CT molecular complexity index is 1090. The van der Waals surface area contributed by atoms with Crippen molar-refractivity contribution in [3.05, 3.63) is 65.1 Å². The summed E-state index contributed by atoms with van der Waals surface area (Å²) < 4.78 is 35.6. The number of rotatable bonds is 6. The molecule has 164 valence electrons. The maximum Gasteiger partial charge on any atom is 0.156 e. The number of aromatic nitrogens is 1. The molecule has 1 saturated heterocycles. The second-order valence-corrected chi connectivity index (χ2v) is 8.20. The van der Waals surface area contributed by atoms with Crippen LogP contribution in [0.25, 0.3) is 10.9 Å². The topological polar surface area (TPSA) is 84.3 Å². The van der Waals surface area contributed by atoms with E-state index in [1.165, 1.54) is 18.4 Å². The summed E-state index contributed by atoms with van der Waals surface area (Å²) in [5.41, 5.74) is 10.2. The number of halogens is 2. The van der Waals surface area contributed by atoms with Crippen LogP contribution >= 0.6 is 0 Å². The molecule has 1 atom stereocenters. The fourth-order valence-corrected chi connectivity index (χ4v) is 4.72. The number of aliphatic hydroxyl groups is 1. The summed E-state index contributed by atoms with van der Waals surface area (Å²) in [5.74, 6) is -1.41. The molecule has 1 aromatic heterocycles. The zero-order chi connectivity index (χ0) is 22.1. The molecule has 31 heavy (non-hydrogen) atoms. The molecular weight excluding hydrogens is 400 g/mol. The van der Waals surface area contributed by atoms with Crippen LogP contribution in [0.1, 0.15) is 54.5 Å². The molecule has 2 aliphatic rings. The number of allylic oxidation sites excluding steroid dienone is 5. The van der Waals surface area contributed by atoms with Crippen LogP contribution in [0.15, 0.2) is 48.3 Å². The smallest absolute Gasteiger partial charge is 0.156 e. The Hall–Kier alpha value is -2.93. The molecule has 0 radical (unpaired) electrons. The third-order valence-corrected chi connectivity index (χ3v) is 6.22. The molecule has 1 aromatic carbocycles. The third kappa shape index (κ3) is 4.02. The lowest BCUT2D eigenvalue weighted by atomic mass is 9.90. The number of nitrogens with zero attached hydrogens (tertiary/aromatic N) is 1. The van der Waals surface area contributed by atoms with E-state index in [4.69, 9.17) is 15.9 Å². The molecule has 7 heteroatoms. The van der Waals surface area contributed by atoms with Gasteiger partial charge in [-0.15, -0.1) is 0 Å². The first-order chi connectivity index (χ1) is 14.9. The maximum atomic E-state index is 14.2. The molecule has 1 fully saturated rings. The predicted octanol–water partition coefficient (Wildman–Crippen LogP) is 5.77. The molecule has 0 amide bonds. The first kappa shape index (κ1) is 21.3. The third-order valence-electron chi connectivity index (χ3n) is 6.22. The number of nitrogens with two attached hydrogens (primary N) is 1. The van der Waals surface area contributed by atoms with Gasteiger partial charge in [0.05, 0.1) is 11.8 Å². The zero-order valence-electron chi connectivity index (χ0n) is 17.3. The van der Waals surface area contributed by atoms with Gasteiger partial charge in [-0.05, 0) is 55.5 Å². The van der Waals surface area contributed by atoms with Crippen LogP contribution in [-0.2, 0) is 11.2 Å². The Morgan fingerprint density at radius 1 is 1.29 bits per heavy atom. The van der Waals surface area contributed by atoms with E-state index in [0.29, 0.717) is 43.7 Å². The fourth-order valence-electron chi connectivity index (χ4n) is 4.72. The number of nitrogens with one attached hydrogen (secondary N) is 1. The second-order valence-electron chi connectivity index (χ2n) is 8.20. The highest BCUT2D eigenvalue weighted by Crippen LogP contribution is 2.42. The summed E-state index contributed by atoms with van der Waals surface area (Å²) in [7, 11) is 0. The molecule has 2 heterocycles. The van der Waals surface area contributed by atoms with Gasteiger partial charge in [0.15, 0.2) is 11.7 Å². The molecule has 0 saturated carbocycles. The highest BCUT2D eigenvalue weighted by Gasteiger charge is 2.30. The van der Waals surface area contributed by atoms with Crippen molar-refractivity contribution in [1.82, 2.24) is 4.57 Å². The van der Waals surface area contributed by atoms with Gasteiger partial charge in [0.1, 0.15) is 0 Å². The number of nitrogen functional groups attached to an aromatic ring is 1. The first-order valence-corrected chi connectivity index (χ1v) is 10.5. The summed E-state index contributed by atoms with van der Waals surface area (Å²) in [4.78, 5) is 0. The van der Waals surface area contributed by atoms with E-state index in [2.05, 4.69) is 11.1 Å². The van der Waals surface area contributed by atoms with Gasteiger partial charge in [0, 0.05) is 59.6 Å². The van der Waals surface area contributed by atoms with Gasteiger partial charge in [-0.25, -0.2) is 8.78 Å². The average Bonchev–Trinajstić information content (AvgIpc) is 3.07. The zero-order valence-corrected chi connectivity index (χ0v) is 17.3. The van der Waals surface area contributed by atoms with E-state index in [1.807, 2.05) is 12.1 Å². The number of fused-ring (bicyclic) bond motifs is 1. The van der Waals surface area contributed by atoms with Crippen molar-refractivity contribution in [2.24, 2.45) is 0 Å². The molecule has 0 bridgehead atoms. The van der Waals surface area contributed by atoms with Crippen molar-refractivity contribution >= 4 is 22.8 Å². The summed E-state index contributed by atoms with van der Waals surface area (Å²) in [6.45, 7) is 4.89. The lowest BCUT2D eigenvalue weighted by Crippen LogP contribution is -2.21. The molecule has 1 unspecified atom stereocenters. The number of hydrogen-bond donors (Lipinski definition) is 3. The number of benzene rings is 1. The molecular formula is C24H27F2N3O2. The Labute approximate surface area is 180 Å². The van der Waals surface area contributed by atoms with Crippen molar-refractivity contribution in [2.45, 2.75) is 44.1 Å². The van der Waals surface area contributed by atoms with E-state index in [0.717, 1.165) is 35.0 Å². The monoisotopic (exact) mass is 427 g/mol. The SMILES string of the molecule is C=C(O)CCc1c(C2CCOCC2)n(C2C=C(F)C(F)=CC2)c2cc(C=N)c(N)cc12. The average molecular weight is 427 g/mol. The minimum Gasteiger partial charge on any atom is -0.513 e. The van der Waals surface area contributed by atoms with Gasteiger partial charge < -0.3 is 25.6 Å². The molecule has 0 spiro atoms. The van der Waals surface area contributed by atoms with Gasteiger partial charge in [-0.3, -0.25) is 0 Å². The Balaban J connectivity index is 1.99. The van der Waals surface area contributed by atoms with E-state index in [9.17, 15) is 13.9 Å². The van der Waals surface area contributed by atoms with Crippen molar-refractivity contribution in [2.75, 3.05) is 18.9 Å². The largest absolute Gasteiger partial charge is 0.513 e. The fraction of sp³-hybridized carbons (Fsp3) is 0.375. The van der Waals surface area contributed by atoms with Gasteiger partial charge in [-0.1, -0.05) is 6.58 Å². The lowest BCUT2D eigenvalue weighted by Gasteiger charge is -2.29. The Kier molecular flexibility index (Phi) is 5.96. The van der Waals surface area contributed by atoms with Crippen molar-refractivity contribution in [1.29, 1.82) is 5.41 Å². The number of aliphatic hydroxyl groups excluding tert-OH is 1. The normalized spacial score (nSPS) is 19.9. The van der Waals surface area contributed by atoms with Crippen LogP contribution < -0.4 is 5.73 Å². The summed E-state index contributed by atoms with van der Waals surface area (Å²) in [6.07, 6.45) is 6.72. The van der Waals surface area contributed by atoms with Crippen molar-refractivity contribution in [3.63, 3.8) is 0 Å². The van der Waals surface area contributed by atoms with Crippen molar-refractivity contribution in [3.8, 4) is 0 Å². The van der Waals surface area contributed by atoms with E-state index in [1.54, 1.807) is 0 Å². The second kappa shape index (κ2) is 8.67. The number of ether oxygens (including phenoxy) is 1. The Morgan fingerprint density at radius 2 is 2.03 bits per heavy atom. The summed E-state index contributed by atoms with van der Waals surface area (Å²) >= 11 is 0. The van der Waals surface area contributed by atoms with Crippen LogP contribution in [0.3, 0.4) is 0 Å². The lowest BCUT2D eigenvalue weighted by molar-refractivity contribution is 0.0834. The Morgan fingerprint density at radius 3 is 2.68 bits per heavy atom. The predicted molar refractivity (Wildman–Crippen MR) is 119 cm³/mol. The van der Waals surface area contributed by atoms with Crippen LogP contribution in [0, 0.1) is 5.41 Å². The number of aryl methyl sites for hydroxylation is 1. The van der Waals surface area contributed by atoms with Gasteiger partial charge in [0.25, 0.3) is 0 Å². The molecule has 1 aliphatic heterocycles. The van der Waals surface area contributed by atoms with Gasteiger partial charge >= 0.3 is 0 Å². The quantitative estimate of drug-likeness (QED) is 0.311. The standard InChI is InChI=1S/C24H27F2N3O2/c1-14(30)2-4-18-19-12-22(28)16(13-27)10-23(19)29(17-3-5-20(25)21(26)11-17)24(18)15-6-8-31-9-7-15/h5,10-13,15,17,27,30H,1-4,6-9,28H2. The highest BCUT2D eigenvalue weighted by molar-refractivity contribution is 5.97. The molecule has 2 aromatic rings.